The van der Waals surface area contributed by atoms with E-state index in [1.165, 1.54) is 5.56 Å². The predicted molar refractivity (Wildman–Crippen MR) is 77.6 cm³/mol. The van der Waals surface area contributed by atoms with Crippen LogP contribution in [-0.4, -0.2) is 19.5 Å². The van der Waals surface area contributed by atoms with Crippen LogP contribution in [0.5, 0.6) is 0 Å². The molecule has 1 unspecified atom stereocenters. The topological polar surface area (TPSA) is 56.5 Å². The van der Waals surface area contributed by atoms with Crippen LogP contribution in [0.1, 0.15) is 50.8 Å². The van der Waals surface area contributed by atoms with Crippen LogP contribution in [0.3, 0.4) is 0 Å². The second-order valence-electron chi connectivity index (χ2n) is 4.74. The molecule has 1 aromatic rings. The van der Waals surface area contributed by atoms with Crippen LogP contribution in [0, 0.1) is 0 Å². The third kappa shape index (κ3) is 4.58. The highest BCUT2D eigenvalue weighted by Crippen LogP contribution is 2.22. The monoisotopic (exact) mass is 266 g/mol. The van der Waals surface area contributed by atoms with Gasteiger partial charge in [-0.2, -0.15) is 0 Å². The summed E-state index contributed by atoms with van der Waals surface area (Å²) in [5.74, 6) is 6.18. The molecule has 0 radical (unpaired) electrons. The first-order chi connectivity index (χ1) is 9.13. The van der Waals surface area contributed by atoms with Crippen molar-refractivity contribution in [1.82, 2.24) is 5.43 Å². The Morgan fingerprint density at radius 1 is 1.00 bits per heavy atom. The zero-order valence-corrected chi connectivity index (χ0v) is 12.3. The molecule has 0 heterocycles. The number of rotatable bonds is 8. The zero-order chi connectivity index (χ0) is 14.3. The summed E-state index contributed by atoms with van der Waals surface area (Å²) in [5.41, 5.74) is 5.16. The van der Waals surface area contributed by atoms with Crippen LogP contribution in [0.25, 0.3) is 0 Å². The molecule has 1 rings (SSSR count). The van der Waals surface area contributed by atoms with Gasteiger partial charge in [-0.25, -0.2) is 5.43 Å². The largest absolute Gasteiger partial charge is 0.351 e. The van der Waals surface area contributed by atoms with E-state index >= 15 is 0 Å². The van der Waals surface area contributed by atoms with Crippen molar-refractivity contribution in [3.63, 3.8) is 0 Å². The minimum atomic E-state index is -0.370. The summed E-state index contributed by atoms with van der Waals surface area (Å²) < 4.78 is 11.2. The first kappa shape index (κ1) is 16.1. The van der Waals surface area contributed by atoms with Gasteiger partial charge in [0.1, 0.15) is 0 Å². The number of hydrogen-bond donors (Lipinski definition) is 2. The van der Waals surface area contributed by atoms with E-state index in [0.717, 1.165) is 5.56 Å². The quantitative estimate of drug-likeness (QED) is 0.431. The minimum absolute atomic E-state index is 0.166. The molecule has 0 fully saturated rings. The Morgan fingerprint density at radius 2 is 1.47 bits per heavy atom. The lowest BCUT2D eigenvalue weighted by atomic mass is 9.99. The molecule has 4 heteroatoms. The fourth-order valence-corrected chi connectivity index (χ4v) is 1.99. The van der Waals surface area contributed by atoms with Crippen molar-refractivity contribution in [2.75, 3.05) is 13.2 Å². The highest BCUT2D eigenvalue weighted by atomic mass is 16.7. The van der Waals surface area contributed by atoms with Crippen LogP contribution in [-0.2, 0) is 9.47 Å². The maximum atomic E-state index is 5.65. The average Bonchev–Trinajstić information content (AvgIpc) is 2.40. The molecule has 4 nitrogen and oxygen atoms in total. The third-order valence-corrected chi connectivity index (χ3v) is 3.08. The van der Waals surface area contributed by atoms with Gasteiger partial charge in [0.25, 0.3) is 0 Å². The molecular formula is C15H26N2O2. The van der Waals surface area contributed by atoms with Gasteiger partial charge in [-0.15, -0.1) is 0 Å². The number of hydrazine groups is 1. The molecule has 108 valence electrons. The van der Waals surface area contributed by atoms with Gasteiger partial charge < -0.3 is 9.47 Å². The van der Waals surface area contributed by atoms with E-state index in [2.05, 4.69) is 43.5 Å². The fourth-order valence-electron chi connectivity index (χ4n) is 1.99. The van der Waals surface area contributed by atoms with Crippen LogP contribution < -0.4 is 11.3 Å². The molecule has 0 amide bonds. The maximum Gasteiger partial charge on any atom is 0.178 e. The molecule has 0 aromatic heterocycles. The molecule has 0 aliphatic rings. The van der Waals surface area contributed by atoms with E-state index < -0.39 is 0 Å². The minimum Gasteiger partial charge on any atom is -0.351 e. The summed E-state index contributed by atoms with van der Waals surface area (Å²) in [5, 5.41) is 0. The normalized spacial score (nSPS) is 13.2. The Kier molecular flexibility index (Phi) is 7.02. The van der Waals surface area contributed by atoms with E-state index in [-0.39, 0.29) is 12.3 Å². The standard InChI is InChI=1S/C15H26N2O2/c1-5-18-15(19-6-2)14(17-16)13-9-7-12(8-10-13)11(3)4/h7-11,14-15,17H,5-6,16H2,1-4H3. The summed E-state index contributed by atoms with van der Waals surface area (Å²) in [7, 11) is 0. The van der Waals surface area contributed by atoms with Gasteiger partial charge >= 0.3 is 0 Å². The zero-order valence-electron chi connectivity index (χ0n) is 12.3. The molecule has 1 atom stereocenters. The number of nitrogens with one attached hydrogen (secondary N) is 1. The summed E-state index contributed by atoms with van der Waals surface area (Å²) in [6.07, 6.45) is -0.370. The number of benzene rings is 1. The Labute approximate surface area is 116 Å². The Morgan fingerprint density at radius 3 is 1.84 bits per heavy atom. The molecule has 3 N–H and O–H groups in total. The molecule has 0 aliphatic carbocycles. The van der Waals surface area contributed by atoms with Crippen molar-refractivity contribution in [3.05, 3.63) is 35.4 Å². The summed E-state index contributed by atoms with van der Waals surface area (Å²) >= 11 is 0. The van der Waals surface area contributed by atoms with Crippen molar-refractivity contribution in [2.24, 2.45) is 5.84 Å². The van der Waals surface area contributed by atoms with E-state index in [1.807, 2.05) is 13.8 Å². The fraction of sp³-hybridized carbons (Fsp3) is 0.600. The first-order valence-corrected chi connectivity index (χ1v) is 6.93. The SMILES string of the molecule is CCOC(OCC)C(NN)c1ccc(C(C)C)cc1. The van der Waals surface area contributed by atoms with E-state index in [1.54, 1.807) is 0 Å². The summed E-state index contributed by atoms with van der Waals surface area (Å²) in [4.78, 5) is 0. The van der Waals surface area contributed by atoms with Gasteiger partial charge in [0.2, 0.25) is 0 Å². The van der Waals surface area contributed by atoms with Gasteiger partial charge in [-0.3, -0.25) is 5.84 Å². The average molecular weight is 266 g/mol. The van der Waals surface area contributed by atoms with Gasteiger partial charge in [-0.1, -0.05) is 38.1 Å². The lowest BCUT2D eigenvalue weighted by Gasteiger charge is -2.26. The van der Waals surface area contributed by atoms with Crippen molar-refractivity contribution in [1.29, 1.82) is 0 Å². The van der Waals surface area contributed by atoms with Crippen LogP contribution in [0.2, 0.25) is 0 Å². The van der Waals surface area contributed by atoms with Crippen molar-refractivity contribution in [2.45, 2.75) is 45.9 Å². The van der Waals surface area contributed by atoms with Crippen molar-refractivity contribution < 1.29 is 9.47 Å². The highest BCUT2D eigenvalue weighted by Gasteiger charge is 2.23. The Balaban J connectivity index is 2.87. The molecule has 0 spiro atoms. The van der Waals surface area contributed by atoms with E-state index in [4.69, 9.17) is 15.3 Å². The van der Waals surface area contributed by atoms with E-state index in [0.29, 0.717) is 19.1 Å². The van der Waals surface area contributed by atoms with Crippen LogP contribution >= 0.6 is 0 Å². The van der Waals surface area contributed by atoms with Crippen LogP contribution in [0.4, 0.5) is 0 Å². The third-order valence-electron chi connectivity index (χ3n) is 3.08. The first-order valence-electron chi connectivity index (χ1n) is 6.93. The number of nitrogens with two attached hydrogens (primary N) is 1. The van der Waals surface area contributed by atoms with Crippen LogP contribution in [0.15, 0.2) is 24.3 Å². The highest BCUT2D eigenvalue weighted by molar-refractivity contribution is 5.27. The molecule has 0 saturated heterocycles. The summed E-state index contributed by atoms with van der Waals surface area (Å²) in [6.45, 7) is 9.43. The van der Waals surface area contributed by atoms with Gasteiger partial charge in [0, 0.05) is 13.2 Å². The smallest absolute Gasteiger partial charge is 0.178 e. The molecule has 0 bridgehead atoms. The molecule has 0 aliphatic heterocycles. The molecule has 0 saturated carbocycles. The number of hydrogen-bond acceptors (Lipinski definition) is 4. The van der Waals surface area contributed by atoms with Crippen molar-refractivity contribution >= 4 is 0 Å². The van der Waals surface area contributed by atoms with Gasteiger partial charge in [0.15, 0.2) is 6.29 Å². The molecular weight excluding hydrogens is 240 g/mol. The number of ether oxygens (including phenoxy) is 2. The Bertz CT molecular complexity index is 346. The predicted octanol–water partition coefficient (Wildman–Crippen LogP) is 2.71. The molecule has 1 aromatic carbocycles. The lowest BCUT2D eigenvalue weighted by molar-refractivity contribution is -0.155. The Hall–Kier alpha value is -0.940. The molecule has 19 heavy (non-hydrogen) atoms. The second-order valence-corrected chi connectivity index (χ2v) is 4.74. The maximum absolute atomic E-state index is 5.65. The second kappa shape index (κ2) is 8.27. The van der Waals surface area contributed by atoms with Crippen molar-refractivity contribution in [3.8, 4) is 0 Å². The van der Waals surface area contributed by atoms with E-state index in [9.17, 15) is 0 Å². The van der Waals surface area contributed by atoms with Gasteiger partial charge in [0.05, 0.1) is 6.04 Å². The lowest BCUT2D eigenvalue weighted by Crippen LogP contribution is -2.39. The summed E-state index contributed by atoms with van der Waals surface area (Å²) in [6, 6.07) is 8.23. The van der Waals surface area contributed by atoms with Gasteiger partial charge in [-0.05, 0) is 30.9 Å².